The number of nitrogens with one attached hydrogen (secondary N) is 1. The third kappa shape index (κ3) is 3.78. The predicted molar refractivity (Wildman–Crippen MR) is 71.9 cm³/mol. The number of carbonyl (C=O) groups is 1. The third-order valence-corrected chi connectivity index (χ3v) is 3.68. The Morgan fingerprint density at radius 3 is 2.67 bits per heavy atom. The van der Waals surface area contributed by atoms with Crippen molar-refractivity contribution in [3.8, 4) is 0 Å². The van der Waals surface area contributed by atoms with Crippen molar-refractivity contribution in [2.75, 3.05) is 6.54 Å². The fraction of sp³-hybridized carbons (Fsp3) is 0.462. The molecule has 0 heterocycles. The number of hydrogen-bond acceptors (Lipinski definition) is 2. The molecule has 0 aromatic heterocycles. The van der Waals surface area contributed by atoms with Gasteiger partial charge in [0.2, 0.25) is 0 Å². The highest BCUT2D eigenvalue weighted by atomic mass is 79.9. The quantitative estimate of drug-likeness (QED) is 0.897. The Morgan fingerprint density at radius 1 is 1.56 bits per heavy atom. The number of rotatable bonds is 4. The van der Waals surface area contributed by atoms with E-state index in [1.807, 2.05) is 13.8 Å². The summed E-state index contributed by atoms with van der Waals surface area (Å²) in [6.45, 7) is 5.56. The van der Waals surface area contributed by atoms with Gasteiger partial charge in [-0.25, -0.2) is 4.39 Å². The smallest absolute Gasteiger partial charge is 0.252 e. The molecule has 0 aliphatic carbocycles. The maximum Gasteiger partial charge on any atom is 0.252 e. The lowest BCUT2D eigenvalue weighted by Crippen LogP contribution is -2.44. The highest BCUT2D eigenvalue weighted by Crippen LogP contribution is 2.19. The van der Waals surface area contributed by atoms with Crippen LogP contribution in [0.5, 0.6) is 0 Å². The van der Waals surface area contributed by atoms with Gasteiger partial charge in [0.05, 0.1) is 11.2 Å². The van der Waals surface area contributed by atoms with Crippen molar-refractivity contribution in [1.29, 1.82) is 0 Å². The first-order chi connectivity index (χ1) is 8.24. The van der Waals surface area contributed by atoms with Crippen LogP contribution in [0, 0.1) is 11.7 Å². The van der Waals surface area contributed by atoms with Gasteiger partial charge in [-0.15, -0.1) is 0 Å². The zero-order valence-electron chi connectivity index (χ0n) is 10.6. The number of hydrogen-bond donors (Lipinski definition) is 2. The molecule has 1 atom stereocenters. The SMILES string of the molecule is CC(C)C(C)(O)CNC(=O)c1ccc(F)cc1Br. The highest BCUT2D eigenvalue weighted by Gasteiger charge is 2.25. The number of halogens is 2. The van der Waals surface area contributed by atoms with Gasteiger partial charge in [0.1, 0.15) is 5.82 Å². The molecule has 0 fully saturated rings. The largest absolute Gasteiger partial charge is 0.388 e. The Balaban J connectivity index is 2.72. The van der Waals surface area contributed by atoms with Crippen LogP contribution in [0.4, 0.5) is 4.39 Å². The van der Waals surface area contributed by atoms with E-state index in [0.717, 1.165) is 0 Å². The lowest BCUT2D eigenvalue weighted by molar-refractivity contribution is 0.0142. The Morgan fingerprint density at radius 2 is 2.17 bits per heavy atom. The Labute approximate surface area is 115 Å². The summed E-state index contributed by atoms with van der Waals surface area (Å²) in [5.74, 6) is -0.732. The summed E-state index contributed by atoms with van der Waals surface area (Å²) >= 11 is 3.13. The van der Waals surface area contributed by atoms with Gasteiger partial charge in [-0.3, -0.25) is 4.79 Å². The minimum Gasteiger partial charge on any atom is -0.388 e. The molecule has 1 rings (SSSR count). The maximum atomic E-state index is 12.9. The van der Waals surface area contributed by atoms with Crippen LogP contribution in [-0.2, 0) is 0 Å². The van der Waals surface area contributed by atoms with E-state index >= 15 is 0 Å². The van der Waals surface area contributed by atoms with Crippen molar-refractivity contribution in [1.82, 2.24) is 5.32 Å². The van der Waals surface area contributed by atoms with Crippen molar-refractivity contribution in [2.24, 2.45) is 5.92 Å². The van der Waals surface area contributed by atoms with Crippen molar-refractivity contribution in [3.63, 3.8) is 0 Å². The second-order valence-corrected chi connectivity index (χ2v) is 5.67. The van der Waals surface area contributed by atoms with Crippen LogP contribution in [-0.4, -0.2) is 23.2 Å². The van der Waals surface area contributed by atoms with E-state index in [1.54, 1.807) is 6.92 Å². The number of aliphatic hydroxyl groups is 1. The molecule has 0 bridgehead atoms. The van der Waals surface area contributed by atoms with Crippen LogP contribution >= 0.6 is 15.9 Å². The van der Waals surface area contributed by atoms with Crippen LogP contribution in [0.1, 0.15) is 31.1 Å². The molecule has 5 heteroatoms. The van der Waals surface area contributed by atoms with E-state index in [4.69, 9.17) is 0 Å². The summed E-state index contributed by atoms with van der Waals surface area (Å²) in [4.78, 5) is 11.9. The molecule has 2 N–H and O–H groups in total. The van der Waals surface area contributed by atoms with Crippen LogP contribution < -0.4 is 5.32 Å². The summed E-state index contributed by atoms with van der Waals surface area (Å²) in [6, 6.07) is 3.86. The zero-order valence-corrected chi connectivity index (χ0v) is 12.2. The van der Waals surface area contributed by atoms with E-state index < -0.39 is 11.4 Å². The van der Waals surface area contributed by atoms with Gasteiger partial charge in [-0.1, -0.05) is 13.8 Å². The Kier molecular flexibility index (Phi) is 4.87. The van der Waals surface area contributed by atoms with Crippen molar-refractivity contribution in [2.45, 2.75) is 26.4 Å². The van der Waals surface area contributed by atoms with Crippen molar-refractivity contribution >= 4 is 21.8 Å². The average Bonchev–Trinajstić information content (AvgIpc) is 2.25. The minimum atomic E-state index is -0.970. The molecule has 3 nitrogen and oxygen atoms in total. The van der Waals surface area contributed by atoms with E-state index in [2.05, 4.69) is 21.2 Å². The van der Waals surface area contributed by atoms with Crippen molar-refractivity contribution < 1.29 is 14.3 Å². The fourth-order valence-corrected chi connectivity index (χ4v) is 1.76. The highest BCUT2D eigenvalue weighted by molar-refractivity contribution is 9.10. The van der Waals surface area contributed by atoms with Gasteiger partial charge in [-0.05, 0) is 47.0 Å². The third-order valence-electron chi connectivity index (χ3n) is 3.03. The lowest BCUT2D eigenvalue weighted by Gasteiger charge is -2.27. The van der Waals surface area contributed by atoms with E-state index in [0.29, 0.717) is 10.0 Å². The van der Waals surface area contributed by atoms with Gasteiger partial charge < -0.3 is 10.4 Å². The van der Waals surface area contributed by atoms with Crippen LogP contribution in [0.3, 0.4) is 0 Å². The second-order valence-electron chi connectivity index (χ2n) is 4.82. The normalized spacial score (nSPS) is 14.4. The molecular formula is C13H17BrFNO2. The Hall–Kier alpha value is -0.940. The first kappa shape index (κ1) is 15.1. The predicted octanol–water partition coefficient (Wildman–Crippen LogP) is 2.73. The molecule has 1 aromatic rings. The molecule has 18 heavy (non-hydrogen) atoms. The molecule has 0 aliphatic heterocycles. The number of benzene rings is 1. The van der Waals surface area contributed by atoms with Gasteiger partial charge in [0, 0.05) is 11.0 Å². The summed E-state index contributed by atoms with van der Waals surface area (Å²) < 4.78 is 13.3. The summed E-state index contributed by atoms with van der Waals surface area (Å²) in [5, 5.41) is 12.7. The molecular weight excluding hydrogens is 301 g/mol. The number of carbonyl (C=O) groups excluding carboxylic acids is 1. The van der Waals surface area contributed by atoms with Crippen molar-refractivity contribution in [3.05, 3.63) is 34.1 Å². The summed E-state index contributed by atoms with van der Waals surface area (Å²) in [6.07, 6.45) is 0. The van der Waals surface area contributed by atoms with Crippen LogP contribution in [0.25, 0.3) is 0 Å². The average molecular weight is 318 g/mol. The topological polar surface area (TPSA) is 49.3 Å². The molecule has 0 radical (unpaired) electrons. The first-order valence-electron chi connectivity index (χ1n) is 5.69. The molecule has 1 amide bonds. The minimum absolute atomic E-state index is 0.0226. The molecule has 0 saturated heterocycles. The maximum absolute atomic E-state index is 12.9. The molecule has 100 valence electrons. The Bertz CT molecular complexity index is 447. The molecule has 0 spiro atoms. The number of amides is 1. The van der Waals surface area contributed by atoms with Gasteiger partial charge in [0.25, 0.3) is 5.91 Å². The lowest BCUT2D eigenvalue weighted by atomic mass is 9.92. The molecule has 1 aromatic carbocycles. The first-order valence-corrected chi connectivity index (χ1v) is 6.49. The molecule has 1 unspecified atom stereocenters. The molecule has 0 aliphatic rings. The summed E-state index contributed by atoms with van der Waals surface area (Å²) in [5.41, 5.74) is -0.627. The van der Waals surface area contributed by atoms with Gasteiger partial charge in [-0.2, -0.15) is 0 Å². The van der Waals surface area contributed by atoms with Crippen LogP contribution in [0.2, 0.25) is 0 Å². The van der Waals surface area contributed by atoms with Crippen LogP contribution in [0.15, 0.2) is 22.7 Å². The monoisotopic (exact) mass is 317 g/mol. The van der Waals surface area contributed by atoms with Gasteiger partial charge in [0.15, 0.2) is 0 Å². The van der Waals surface area contributed by atoms with E-state index in [-0.39, 0.29) is 18.4 Å². The van der Waals surface area contributed by atoms with E-state index in [9.17, 15) is 14.3 Å². The van der Waals surface area contributed by atoms with Gasteiger partial charge >= 0.3 is 0 Å². The second kappa shape index (κ2) is 5.80. The fourth-order valence-electron chi connectivity index (χ4n) is 1.23. The standard InChI is InChI=1S/C13H17BrFNO2/c1-8(2)13(3,18)7-16-12(17)10-5-4-9(15)6-11(10)14/h4-6,8,18H,7H2,1-3H3,(H,16,17). The van der Waals surface area contributed by atoms with E-state index in [1.165, 1.54) is 18.2 Å². The molecule has 0 saturated carbocycles. The summed E-state index contributed by atoms with van der Waals surface area (Å²) in [7, 11) is 0. The zero-order chi connectivity index (χ0) is 13.9.